The minimum atomic E-state index is -0.198. The maximum Gasteiger partial charge on any atom is 3.00 e. The second-order valence-corrected chi connectivity index (χ2v) is 22.4. The molecular formula is C63H65Cl2SiZr. The van der Waals surface area contributed by atoms with E-state index in [0.717, 1.165) is 22.4 Å². The molecule has 339 valence electrons. The predicted molar refractivity (Wildman–Crippen MR) is 276 cm³/mol. The van der Waals surface area contributed by atoms with E-state index in [1.54, 1.807) is 11.1 Å². The molecule has 6 aliphatic carbocycles. The van der Waals surface area contributed by atoms with Crippen molar-refractivity contribution in [1.29, 1.82) is 0 Å². The van der Waals surface area contributed by atoms with Gasteiger partial charge in [0.15, 0.2) is 0 Å². The number of benzene rings is 5. The van der Waals surface area contributed by atoms with Gasteiger partial charge in [0.25, 0.3) is 0 Å². The van der Waals surface area contributed by atoms with Crippen LogP contribution in [0.1, 0.15) is 92.2 Å². The monoisotopic (exact) mass is 1010 g/mol. The van der Waals surface area contributed by atoms with E-state index in [-0.39, 0.29) is 94.8 Å². The summed E-state index contributed by atoms with van der Waals surface area (Å²) < 4.78 is 0. The van der Waals surface area contributed by atoms with Crippen LogP contribution >= 0.6 is 0 Å². The molecule has 4 heteroatoms. The minimum absolute atomic E-state index is 0. The summed E-state index contributed by atoms with van der Waals surface area (Å²) in [6, 6.07) is 44.0. The number of rotatable bonds is 6. The van der Waals surface area contributed by atoms with E-state index < -0.39 is 0 Å². The Bertz CT molecular complexity index is 2840. The molecule has 2 saturated carbocycles. The van der Waals surface area contributed by atoms with Crippen molar-refractivity contribution < 1.29 is 51.0 Å². The molecule has 11 rings (SSSR count). The van der Waals surface area contributed by atoms with E-state index >= 15 is 0 Å². The molecule has 0 N–H and O–H groups in total. The molecule has 0 spiro atoms. The summed E-state index contributed by atoms with van der Waals surface area (Å²) in [4.78, 5) is 0. The van der Waals surface area contributed by atoms with E-state index in [4.69, 9.17) is 0 Å². The summed E-state index contributed by atoms with van der Waals surface area (Å²) in [5, 5.41) is 5.42. The largest absolute Gasteiger partial charge is 3.00 e. The molecule has 0 saturated heterocycles. The van der Waals surface area contributed by atoms with Gasteiger partial charge in [0.05, 0.1) is 0 Å². The molecule has 0 bridgehead atoms. The SMILES string of the molecule is CCCC1=Cc2c(-c3cccc4ccccc34)cccc2C1C1=CC=CC2(C)C3(C)C=CC=CC3(C)C3(C)C4(C)C(C)=CC=CC4[CH-]C3(C)C12C.[Cl-].[Cl-].[Zr+3].c1ccc([Si]c2ccccc2)cc1. The van der Waals surface area contributed by atoms with Crippen LogP contribution in [0, 0.1) is 50.2 Å². The summed E-state index contributed by atoms with van der Waals surface area (Å²) in [6.07, 6.45) is 32.6. The third-order valence-corrected chi connectivity index (χ3v) is 20.4. The number of fused-ring (bicyclic) bond motifs is 10. The molecule has 0 heterocycles. The fourth-order valence-electron chi connectivity index (χ4n) is 15.1. The van der Waals surface area contributed by atoms with Gasteiger partial charge in [-0.15, -0.1) is 17.4 Å². The van der Waals surface area contributed by atoms with Crippen LogP contribution in [0.4, 0.5) is 0 Å². The van der Waals surface area contributed by atoms with Gasteiger partial charge in [0, 0.05) is 16.7 Å². The third kappa shape index (κ3) is 6.80. The summed E-state index contributed by atoms with van der Waals surface area (Å²) in [7, 11) is 0.777. The van der Waals surface area contributed by atoms with Crippen LogP contribution in [0.2, 0.25) is 0 Å². The van der Waals surface area contributed by atoms with E-state index in [1.807, 2.05) is 0 Å². The van der Waals surface area contributed by atoms with E-state index in [1.165, 1.54) is 49.0 Å². The second kappa shape index (κ2) is 18.5. The third-order valence-electron chi connectivity index (χ3n) is 19.2. The van der Waals surface area contributed by atoms with Gasteiger partial charge in [-0.2, -0.15) is 0 Å². The number of hydrogen-bond donors (Lipinski definition) is 0. The van der Waals surface area contributed by atoms with Gasteiger partial charge in [-0.05, 0) is 68.0 Å². The van der Waals surface area contributed by atoms with Gasteiger partial charge < -0.3 is 31.2 Å². The van der Waals surface area contributed by atoms with Crippen LogP contribution < -0.4 is 35.2 Å². The van der Waals surface area contributed by atoms with Crippen molar-refractivity contribution in [2.75, 3.05) is 0 Å². The molecule has 5 aromatic rings. The van der Waals surface area contributed by atoms with Crippen molar-refractivity contribution in [1.82, 2.24) is 0 Å². The van der Waals surface area contributed by atoms with Crippen molar-refractivity contribution >= 4 is 36.7 Å². The van der Waals surface area contributed by atoms with Crippen LogP contribution in [0.5, 0.6) is 0 Å². The number of allylic oxidation sites excluding steroid dienone is 13. The second-order valence-electron chi connectivity index (χ2n) is 21.0. The first-order valence-corrected chi connectivity index (χ1v) is 24.9. The van der Waals surface area contributed by atoms with E-state index in [0.29, 0.717) is 5.92 Å². The maximum absolute atomic E-state index is 2.85. The smallest absolute Gasteiger partial charge is 1.00 e. The average Bonchev–Trinajstić information content (AvgIpc) is 3.76. The Hall–Kier alpha value is -3.78. The predicted octanol–water partition coefficient (Wildman–Crippen LogP) is 9.16. The minimum Gasteiger partial charge on any atom is -1.00 e. The standard InChI is InChI=1S/C51H55.C12H10Si.2ClH.Zr/c1-10-19-36-32-42-40(39-25-16-22-35-21-11-12-24-38(35)39)26-17-27-41(42)44(36)43-28-18-31-46(4)45(3)29-13-14-30-47(45,5)51(9)48(6,50(43,46)8)33-37-23-15-20-34(2)49(37,51)7;1-3-7-11(8-4-1)13-12-9-5-2-6-10-12;;;/h11-18,20-33,37,44H,10,19H2,1-9H3;1-10H;2*1H;/q-1;;;;+3/p-2. The Kier molecular flexibility index (Phi) is 14.1. The fraction of sp³-hybridized carbons (Fsp3) is 0.317. The molecule has 0 amide bonds. The van der Waals surface area contributed by atoms with Gasteiger partial charge in [0.2, 0.25) is 0 Å². The Morgan fingerprint density at radius 2 is 1.18 bits per heavy atom. The van der Waals surface area contributed by atoms with Gasteiger partial charge in [-0.25, -0.2) is 0 Å². The molecule has 67 heavy (non-hydrogen) atoms. The fourth-order valence-corrected chi connectivity index (χ4v) is 16.1. The van der Waals surface area contributed by atoms with Gasteiger partial charge >= 0.3 is 26.2 Å². The van der Waals surface area contributed by atoms with Crippen molar-refractivity contribution in [2.24, 2.45) is 43.8 Å². The van der Waals surface area contributed by atoms with Crippen molar-refractivity contribution in [3.63, 3.8) is 0 Å². The zero-order valence-electron chi connectivity index (χ0n) is 40.8. The van der Waals surface area contributed by atoms with Crippen LogP contribution in [0.3, 0.4) is 0 Å². The quantitative estimate of drug-likeness (QED) is 0.118. The molecule has 9 unspecified atom stereocenters. The Balaban J connectivity index is 0.000000360. The Labute approximate surface area is 436 Å². The average molecular weight is 1010 g/mol. The first kappa shape index (κ1) is 51.1. The van der Waals surface area contributed by atoms with E-state index in [2.05, 4.69) is 257 Å². The Morgan fingerprint density at radius 3 is 1.85 bits per heavy atom. The van der Waals surface area contributed by atoms with Crippen LogP contribution in [0.15, 0.2) is 199 Å². The number of halogens is 2. The van der Waals surface area contributed by atoms with Crippen molar-refractivity contribution in [3.05, 3.63) is 216 Å². The van der Waals surface area contributed by atoms with Crippen LogP contribution in [-0.2, 0) is 26.2 Å². The van der Waals surface area contributed by atoms with Crippen molar-refractivity contribution in [2.45, 2.75) is 81.1 Å². The Morgan fingerprint density at radius 1 is 0.597 bits per heavy atom. The van der Waals surface area contributed by atoms with Crippen LogP contribution in [-0.4, -0.2) is 9.52 Å². The first-order chi connectivity index (χ1) is 30.7. The molecule has 3 radical (unpaired) electrons. The van der Waals surface area contributed by atoms with Gasteiger partial charge in [-0.1, -0.05) is 271 Å². The topological polar surface area (TPSA) is 0 Å². The maximum atomic E-state index is 2.85. The summed E-state index contributed by atoms with van der Waals surface area (Å²) in [6.45, 7) is 23.3. The van der Waals surface area contributed by atoms with Crippen LogP contribution in [0.25, 0.3) is 28.0 Å². The first-order valence-electron chi connectivity index (χ1n) is 23.9. The zero-order valence-corrected chi connectivity index (χ0v) is 45.8. The normalized spacial score (nSPS) is 33.4. The molecule has 0 nitrogen and oxygen atoms in total. The molecule has 0 aromatic heterocycles. The summed E-state index contributed by atoms with van der Waals surface area (Å²) in [5.74, 6) is 0.598. The summed E-state index contributed by atoms with van der Waals surface area (Å²) >= 11 is 0. The summed E-state index contributed by atoms with van der Waals surface area (Å²) in [5.41, 5.74) is 9.40. The molecule has 5 aromatic carbocycles. The van der Waals surface area contributed by atoms with Crippen molar-refractivity contribution in [3.8, 4) is 11.1 Å². The number of hydrogen-bond acceptors (Lipinski definition) is 0. The zero-order chi connectivity index (χ0) is 44.8. The molecule has 0 aliphatic heterocycles. The van der Waals surface area contributed by atoms with E-state index in [9.17, 15) is 0 Å². The molecular weight excluding hydrogens is 947 g/mol. The molecule has 2 fully saturated rings. The van der Waals surface area contributed by atoms with Gasteiger partial charge in [-0.3, -0.25) is 0 Å². The molecule has 9 atom stereocenters. The van der Waals surface area contributed by atoms with Gasteiger partial charge in [0.1, 0.15) is 9.52 Å². The molecule has 6 aliphatic rings.